The molecule has 0 saturated heterocycles. The lowest BCUT2D eigenvalue weighted by Gasteiger charge is -2.50. The van der Waals surface area contributed by atoms with Crippen LogP contribution in [0.4, 0.5) is 0 Å². The Morgan fingerprint density at radius 2 is 1.94 bits per heavy atom. The Morgan fingerprint density at radius 3 is 2.53 bits per heavy atom. The topological polar surface area (TPSA) is 17.1 Å². The fourth-order valence-corrected chi connectivity index (χ4v) is 3.69. The lowest BCUT2D eigenvalue weighted by Crippen LogP contribution is -2.45. The van der Waals surface area contributed by atoms with Gasteiger partial charge in [-0.15, -0.1) is 0 Å². The summed E-state index contributed by atoms with van der Waals surface area (Å²) < 4.78 is 0. The molecule has 0 unspecified atom stereocenters. The van der Waals surface area contributed by atoms with Crippen molar-refractivity contribution in [3.8, 4) is 0 Å². The second kappa shape index (κ2) is 3.83. The first-order valence-corrected chi connectivity index (χ1v) is 6.67. The molecule has 3 atom stereocenters. The van der Waals surface area contributed by atoms with Crippen LogP contribution < -0.4 is 0 Å². The molecule has 0 heterocycles. The zero-order valence-corrected chi connectivity index (χ0v) is 11.7. The number of fused-ring (bicyclic) bond motifs is 1. The highest BCUT2D eigenvalue weighted by molar-refractivity contribution is 5.83. The van der Waals surface area contributed by atoms with Crippen molar-refractivity contribution in [2.45, 2.75) is 47.5 Å². The van der Waals surface area contributed by atoms with Crippen LogP contribution in [0.2, 0.25) is 0 Å². The van der Waals surface area contributed by atoms with Crippen molar-refractivity contribution in [3.63, 3.8) is 0 Å². The zero-order chi connectivity index (χ0) is 12.8. The summed E-state index contributed by atoms with van der Waals surface area (Å²) >= 11 is 0. The van der Waals surface area contributed by atoms with E-state index in [1.54, 1.807) is 6.92 Å². The van der Waals surface area contributed by atoms with Gasteiger partial charge in [0.05, 0.1) is 0 Å². The van der Waals surface area contributed by atoms with Gasteiger partial charge in [-0.25, -0.2) is 0 Å². The standard InChI is InChI=1S/C16H24O/c1-11-14-13(7-6-9-15(14,3)4)8-10-16(11,5)12(2)17/h6-8,11,14H,9-10H2,1-5H3/t11-,14+,16+/m0/s1. The first-order chi connectivity index (χ1) is 7.79. The number of carbonyl (C=O) groups excluding carboxylic acids is 1. The van der Waals surface area contributed by atoms with Crippen molar-refractivity contribution in [2.24, 2.45) is 22.7 Å². The smallest absolute Gasteiger partial charge is 0.136 e. The number of Topliss-reactive ketones (excluding diaryl/α,β-unsaturated/α-hetero) is 1. The molecule has 0 aromatic carbocycles. The van der Waals surface area contributed by atoms with E-state index in [0.29, 0.717) is 17.6 Å². The van der Waals surface area contributed by atoms with Crippen LogP contribution in [0.3, 0.4) is 0 Å². The minimum Gasteiger partial charge on any atom is -0.299 e. The van der Waals surface area contributed by atoms with Crippen LogP contribution >= 0.6 is 0 Å². The molecule has 2 rings (SSSR count). The Morgan fingerprint density at radius 1 is 1.29 bits per heavy atom. The molecule has 0 radical (unpaired) electrons. The Labute approximate surface area is 105 Å². The number of ketones is 1. The van der Waals surface area contributed by atoms with Gasteiger partial charge in [0.25, 0.3) is 0 Å². The molecule has 1 nitrogen and oxygen atoms in total. The summed E-state index contributed by atoms with van der Waals surface area (Å²) in [5.74, 6) is 1.29. The van der Waals surface area contributed by atoms with Gasteiger partial charge in [0.15, 0.2) is 0 Å². The number of hydrogen-bond donors (Lipinski definition) is 0. The van der Waals surface area contributed by atoms with Gasteiger partial charge in [-0.2, -0.15) is 0 Å². The third kappa shape index (κ3) is 1.80. The molecule has 0 spiro atoms. The zero-order valence-electron chi connectivity index (χ0n) is 11.7. The third-order valence-electron chi connectivity index (χ3n) is 5.23. The molecule has 2 aliphatic carbocycles. The first-order valence-electron chi connectivity index (χ1n) is 6.67. The largest absolute Gasteiger partial charge is 0.299 e. The first kappa shape index (κ1) is 12.6. The quantitative estimate of drug-likeness (QED) is 0.663. The predicted molar refractivity (Wildman–Crippen MR) is 71.7 cm³/mol. The lowest BCUT2D eigenvalue weighted by atomic mass is 9.53. The highest BCUT2D eigenvalue weighted by Crippen LogP contribution is 2.54. The van der Waals surface area contributed by atoms with E-state index in [9.17, 15) is 4.79 Å². The molecule has 0 aromatic rings. The molecule has 94 valence electrons. The van der Waals surface area contributed by atoms with Gasteiger partial charge in [0.2, 0.25) is 0 Å². The van der Waals surface area contributed by atoms with Crippen LogP contribution in [-0.2, 0) is 4.79 Å². The molecule has 0 aromatic heterocycles. The van der Waals surface area contributed by atoms with E-state index < -0.39 is 0 Å². The molecule has 17 heavy (non-hydrogen) atoms. The Hall–Kier alpha value is -0.850. The third-order valence-corrected chi connectivity index (χ3v) is 5.23. The van der Waals surface area contributed by atoms with E-state index in [2.05, 4.69) is 45.9 Å². The van der Waals surface area contributed by atoms with Crippen LogP contribution in [0.5, 0.6) is 0 Å². The van der Waals surface area contributed by atoms with E-state index in [1.165, 1.54) is 5.57 Å². The monoisotopic (exact) mass is 232 g/mol. The summed E-state index contributed by atoms with van der Waals surface area (Å²) in [4.78, 5) is 12.0. The molecule has 0 aliphatic heterocycles. The summed E-state index contributed by atoms with van der Waals surface area (Å²) in [5, 5.41) is 0. The van der Waals surface area contributed by atoms with Crippen molar-refractivity contribution in [1.29, 1.82) is 0 Å². The molecular weight excluding hydrogens is 208 g/mol. The molecule has 2 aliphatic rings. The summed E-state index contributed by atoms with van der Waals surface area (Å²) in [7, 11) is 0. The Bertz CT molecular complexity index is 400. The molecule has 0 bridgehead atoms. The van der Waals surface area contributed by atoms with Gasteiger partial charge in [-0.05, 0) is 42.6 Å². The van der Waals surface area contributed by atoms with Gasteiger partial charge in [0.1, 0.15) is 5.78 Å². The van der Waals surface area contributed by atoms with E-state index >= 15 is 0 Å². The predicted octanol–water partition coefficient (Wildman–Crippen LogP) is 4.15. The van der Waals surface area contributed by atoms with Crippen LogP contribution in [-0.4, -0.2) is 5.78 Å². The van der Waals surface area contributed by atoms with Crippen LogP contribution in [0, 0.1) is 22.7 Å². The maximum Gasteiger partial charge on any atom is 0.136 e. The molecule has 1 heteroatoms. The Kier molecular flexibility index (Phi) is 2.84. The van der Waals surface area contributed by atoms with Gasteiger partial charge in [-0.3, -0.25) is 4.79 Å². The normalized spacial score (nSPS) is 39.5. The van der Waals surface area contributed by atoms with Gasteiger partial charge in [0, 0.05) is 5.41 Å². The van der Waals surface area contributed by atoms with E-state index in [-0.39, 0.29) is 10.8 Å². The fraction of sp³-hybridized carbons (Fsp3) is 0.688. The van der Waals surface area contributed by atoms with Crippen LogP contribution in [0.25, 0.3) is 0 Å². The number of carbonyl (C=O) groups is 1. The van der Waals surface area contributed by atoms with Gasteiger partial charge < -0.3 is 0 Å². The summed E-state index contributed by atoms with van der Waals surface area (Å²) in [6.07, 6.45) is 8.87. The van der Waals surface area contributed by atoms with E-state index in [0.717, 1.165) is 12.8 Å². The van der Waals surface area contributed by atoms with Crippen molar-refractivity contribution < 1.29 is 4.79 Å². The Balaban J connectivity index is 2.47. The highest BCUT2D eigenvalue weighted by atomic mass is 16.1. The average Bonchev–Trinajstić information content (AvgIpc) is 2.22. The summed E-state index contributed by atoms with van der Waals surface area (Å²) in [6, 6.07) is 0. The molecule has 0 saturated carbocycles. The van der Waals surface area contributed by atoms with Crippen molar-refractivity contribution in [3.05, 3.63) is 23.8 Å². The fourth-order valence-electron chi connectivity index (χ4n) is 3.69. The average molecular weight is 232 g/mol. The van der Waals surface area contributed by atoms with Crippen molar-refractivity contribution in [2.75, 3.05) is 0 Å². The van der Waals surface area contributed by atoms with E-state index in [1.807, 2.05) is 0 Å². The van der Waals surface area contributed by atoms with E-state index in [4.69, 9.17) is 0 Å². The summed E-state index contributed by atoms with van der Waals surface area (Å²) in [6.45, 7) is 10.8. The number of allylic oxidation sites excluding steroid dienone is 4. The SMILES string of the molecule is CC(=O)[C@]1(C)CC=C2C=CCC(C)(C)[C@@H]2[C@@H]1C. The van der Waals surface area contributed by atoms with Gasteiger partial charge >= 0.3 is 0 Å². The molecular formula is C16H24O. The number of rotatable bonds is 1. The van der Waals surface area contributed by atoms with Crippen LogP contribution in [0.1, 0.15) is 47.5 Å². The van der Waals surface area contributed by atoms with Crippen molar-refractivity contribution in [1.82, 2.24) is 0 Å². The van der Waals surface area contributed by atoms with Crippen molar-refractivity contribution >= 4 is 5.78 Å². The maximum absolute atomic E-state index is 12.0. The number of hydrogen-bond acceptors (Lipinski definition) is 1. The highest BCUT2D eigenvalue weighted by Gasteiger charge is 2.48. The maximum atomic E-state index is 12.0. The van der Waals surface area contributed by atoms with Crippen LogP contribution in [0.15, 0.2) is 23.8 Å². The van der Waals surface area contributed by atoms with Gasteiger partial charge in [-0.1, -0.05) is 45.9 Å². The lowest BCUT2D eigenvalue weighted by molar-refractivity contribution is -0.130. The second-order valence-corrected chi connectivity index (χ2v) is 6.74. The summed E-state index contributed by atoms with van der Waals surface area (Å²) in [5.41, 5.74) is 1.56. The minimum atomic E-state index is -0.170. The molecule has 0 amide bonds. The minimum absolute atomic E-state index is 0.170. The molecule has 0 fully saturated rings. The molecule has 0 N–H and O–H groups in total. The second-order valence-electron chi connectivity index (χ2n) is 6.74.